The van der Waals surface area contributed by atoms with Crippen molar-refractivity contribution >= 4 is 84.7 Å². The molecule has 12 rings (SSSR count). The van der Waals surface area contributed by atoms with E-state index in [0.29, 0.717) is 17.5 Å². The van der Waals surface area contributed by atoms with E-state index in [-0.39, 0.29) is 0 Å². The van der Waals surface area contributed by atoms with Gasteiger partial charge in [-0.2, -0.15) is 0 Å². The smallest absolute Gasteiger partial charge is 0.164 e. The molecule has 0 saturated carbocycles. The molecule has 0 aliphatic carbocycles. The monoisotopic (exact) mass is 774 g/mol. The number of nitrogens with zero attached hydrogens (tertiary/aromatic N) is 4. The molecule has 0 aliphatic rings. The lowest BCUT2D eigenvalue weighted by Gasteiger charge is -2.13. The van der Waals surface area contributed by atoms with Gasteiger partial charge in [-0.05, 0) is 41.5 Å². The summed E-state index contributed by atoms with van der Waals surface area (Å²) in [6.07, 6.45) is 0. The number of benzene rings is 8. The van der Waals surface area contributed by atoms with E-state index in [4.69, 9.17) is 19.9 Å². The Morgan fingerprint density at radius 2 is 0.793 bits per heavy atom. The molecule has 0 fully saturated rings. The maximum atomic E-state index is 5.38. The molecule has 0 atom stereocenters. The van der Waals surface area contributed by atoms with Gasteiger partial charge in [-0.3, -0.25) is 0 Å². The normalized spacial score (nSPS) is 11.8. The molecule has 4 nitrogen and oxygen atoms in total. The van der Waals surface area contributed by atoms with Crippen LogP contribution in [0, 0.1) is 0 Å². The van der Waals surface area contributed by atoms with Gasteiger partial charge >= 0.3 is 0 Å². The number of hydrogen-bond acceptors (Lipinski definition) is 6. The Morgan fingerprint density at radius 1 is 0.276 bits per heavy atom. The Hall–Kier alpha value is -7.12. The van der Waals surface area contributed by atoms with Gasteiger partial charge in [0.2, 0.25) is 0 Å². The highest BCUT2D eigenvalue weighted by atomic mass is 32.1. The van der Waals surface area contributed by atoms with Gasteiger partial charge in [0.15, 0.2) is 17.5 Å². The third-order valence-corrected chi connectivity index (χ3v) is 13.4. The third-order valence-electron chi connectivity index (χ3n) is 11.1. The van der Waals surface area contributed by atoms with Crippen molar-refractivity contribution in [1.29, 1.82) is 0 Å². The summed E-state index contributed by atoms with van der Waals surface area (Å²) in [4.78, 5) is 20.5. The average molecular weight is 775 g/mol. The van der Waals surface area contributed by atoms with Gasteiger partial charge in [0.1, 0.15) is 0 Å². The fourth-order valence-electron chi connectivity index (χ4n) is 8.33. The van der Waals surface area contributed by atoms with Crippen LogP contribution >= 0.6 is 22.7 Å². The van der Waals surface area contributed by atoms with E-state index in [1.807, 2.05) is 41.7 Å². The van der Waals surface area contributed by atoms with Gasteiger partial charge in [-0.15, -0.1) is 22.7 Å². The van der Waals surface area contributed by atoms with Crippen LogP contribution in [0.3, 0.4) is 0 Å². The molecule has 6 heteroatoms. The second-order valence-corrected chi connectivity index (χ2v) is 16.7. The third kappa shape index (κ3) is 5.41. The molecule has 270 valence electrons. The molecular weight excluding hydrogens is 745 g/mol. The van der Waals surface area contributed by atoms with Crippen molar-refractivity contribution in [2.75, 3.05) is 0 Å². The van der Waals surface area contributed by atoms with Crippen LogP contribution in [0.4, 0.5) is 0 Å². The first-order valence-electron chi connectivity index (χ1n) is 19.3. The molecule has 8 aromatic carbocycles. The fourth-order valence-corrected chi connectivity index (χ4v) is 10.6. The SMILES string of the molecule is c1ccc(-c2nc(-c3ccc(-c4ccc5c(c4)nc(-c4ccccc4)c4ccc6sc7ccccc7c6c45)cc3)nc(-c3ccc4c(c3)sc3ccccc34)n2)cc1. The summed E-state index contributed by atoms with van der Waals surface area (Å²) in [5.74, 6) is 1.94. The lowest BCUT2D eigenvalue weighted by Crippen LogP contribution is -2.00. The van der Waals surface area contributed by atoms with Gasteiger partial charge in [0.05, 0.1) is 11.2 Å². The largest absolute Gasteiger partial charge is 0.247 e. The zero-order valence-electron chi connectivity index (χ0n) is 30.9. The zero-order chi connectivity index (χ0) is 38.2. The quantitative estimate of drug-likeness (QED) is 0.163. The van der Waals surface area contributed by atoms with Crippen molar-refractivity contribution in [3.05, 3.63) is 182 Å². The lowest BCUT2D eigenvalue weighted by atomic mass is 9.94. The van der Waals surface area contributed by atoms with Crippen LogP contribution in [0.25, 0.3) is 119 Å². The zero-order valence-corrected chi connectivity index (χ0v) is 32.6. The molecule has 0 saturated heterocycles. The molecular formula is C52H30N4S2. The van der Waals surface area contributed by atoms with Crippen molar-refractivity contribution in [1.82, 2.24) is 19.9 Å². The van der Waals surface area contributed by atoms with Crippen LogP contribution in [0.1, 0.15) is 0 Å². The van der Waals surface area contributed by atoms with Gasteiger partial charge < -0.3 is 0 Å². The van der Waals surface area contributed by atoms with Crippen LogP contribution in [-0.2, 0) is 0 Å². The molecule has 0 aliphatic heterocycles. The predicted molar refractivity (Wildman–Crippen MR) is 246 cm³/mol. The minimum atomic E-state index is 0.637. The van der Waals surface area contributed by atoms with E-state index in [0.717, 1.165) is 50.0 Å². The second kappa shape index (κ2) is 13.2. The Bertz CT molecular complexity index is 3560. The Labute approximate surface area is 341 Å². The first-order chi connectivity index (χ1) is 28.7. The predicted octanol–water partition coefficient (Wildman–Crippen LogP) is 14.6. The molecule has 0 radical (unpaired) electrons. The first-order valence-corrected chi connectivity index (χ1v) is 20.9. The number of thiophene rings is 2. The van der Waals surface area contributed by atoms with E-state index >= 15 is 0 Å². The maximum absolute atomic E-state index is 5.38. The highest BCUT2D eigenvalue weighted by Crippen LogP contribution is 2.44. The molecule has 0 amide bonds. The molecule has 0 N–H and O–H groups in total. The van der Waals surface area contributed by atoms with Crippen molar-refractivity contribution in [3.63, 3.8) is 0 Å². The van der Waals surface area contributed by atoms with E-state index in [2.05, 4.69) is 152 Å². The van der Waals surface area contributed by atoms with E-state index in [9.17, 15) is 0 Å². The topological polar surface area (TPSA) is 51.6 Å². The second-order valence-electron chi connectivity index (χ2n) is 14.6. The van der Waals surface area contributed by atoms with Gasteiger partial charge in [0, 0.05) is 78.8 Å². The lowest BCUT2D eigenvalue weighted by molar-refractivity contribution is 1.07. The standard InChI is InChI=1S/C52H30N4S2/c1-3-11-32(12-4-1)49-41-27-28-45-48(40-16-8-10-18-44(40)57-45)47(41)39-26-23-35(29-42(39)53-49)31-19-21-34(22-20-31)51-54-50(33-13-5-2-6-14-33)55-52(56-51)36-24-25-38-37-15-7-9-17-43(37)58-46(38)30-36/h1-30H. The highest BCUT2D eigenvalue weighted by molar-refractivity contribution is 7.26. The minimum Gasteiger partial charge on any atom is -0.247 e. The molecule has 58 heavy (non-hydrogen) atoms. The highest BCUT2D eigenvalue weighted by Gasteiger charge is 2.18. The van der Waals surface area contributed by atoms with Crippen molar-refractivity contribution < 1.29 is 0 Å². The summed E-state index contributed by atoms with van der Waals surface area (Å²) in [5.41, 5.74) is 8.13. The molecule has 4 aromatic heterocycles. The van der Waals surface area contributed by atoms with E-state index in [1.165, 1.54) is 51.1 Å². The van der Waals surface area contributed by atoms with E-state index < -0.39 is 0 Å². The summed E-state index contributed by atoms with van der Waals surface area (Å²) in [7, 11) is 0. The fraction of sp³-hybridized carbons (Fsp3) is 0. The maximum Gasteiger partial charge on any atom is 0.164 e. The van der Waals surface area contributed by atoms with Crippen molar-refractivity contribution in [3.8, 4) is 56.5 Å². The summed E-state index contributed by atoms with van der Waals surface area (Å²) >= 11 is 3.65. The van der Waals surface area contributed by atoms with Crippen LogP contribution < -0.4 is 0 Å². The van der Waals surface area contributed by atoms with Gasteiger partial charge in [0.25, 0.3) is 0 Å². The number of aromatic nitrogens is 4. The van der Waals surface area contributed by atoms with E-state index in [1.54, 1.807) is 11.3 Å². The molecule has 0 spiro atoms. The van der Waals surface area contributed by atoms with Gasteiger partial charge in [-0.25, -0.2) is 19.9 Å². The Kier molecular flexibility index (Phi) is 7.55. The Balaban J connectivity index is 0.981. The van der Waals surface area contributed by atoms with Crippen molar-refractivity contribution in [2.45, 2.75) is 0 Å². The van der Waals surface area contributed by atoms with Crippen LogP contribution in [0.2, 0.25) is 0 Å². The molecule has 12 aromatic rings. The van der Waals surface area contributed by atoms with Crippen LogP contribution in [0.15, 0.2) is 182 Å². The van der Waals surface area contributed by atoms with Crippen molar-refractivity contribution in [2.24, 2.45) is 0 Å². The summed E-state index contributed by atoms with van der Waals surface area (Å²) in [6.45, 7) is 0. The molecule has 0 unspecified atom stereocenters. The van der Waals surface area contributed by atoms with Crippen LogP contribution in [0.5, 0.6) is 0 Å². The van der Waals surface area contributed by atoms with Gasteiger partial charge in [-0.1, -0.05) is 152 Å². The Morgan fingerprint density at radius 3 is 1.55 bits per heavy atom. The minimum absolute atomic E-state index is 0.637. The summed E-state index contributed by atoms with van der Waals surface area (Å²) in [6, 6.07) is 64.3. The molecule has 0 bridgehead atoms. The number of pyridine rings is 1. The number of hydrogen-bond donors (Lipinski definition) is 0. The molecule has 4 heterocycles. The van der Waals surface area contributed by atoms with Crippen LogP contribution in [-0.4, -0.2) is 19.9 Å². The number of fused-ring (bicyclic) bond motifs is 10. The summed E-state index contributed by atoms with van der Waals surface area (Å²) < 4.78 is 5.08. The summed E-state index contributed by atoms with van der Waals surface area (Å²) in [5, 5.41) is 8.69. The number of rotatable bonds is 5. The average Bonchev–Trinajstić information content (AvgIpc) is 3.87. The first kappa shape index (κ1) is 33.1.